The molecule has 2 fully saturated rings. The van der Waals surface area contributed by atoms with E-state index in [0.717, 1.165) is 31.2 Å². The molecule has 4 amide bonds. The minimum Gasteiger partial charge on any atom is -0.452 e. The van der Waals surface area contributed by atoms with Crippen molar-refractivity contribution in [2.45, 2.75) is 64.0 Å². The van der Waals surface area contributed by atoms with Gasteiger partial charge < -0.3 is 15.0 Å². The number of hydrogen-bond acceptors (Lipinski definition) is 5. The van der Waals surface area contributed by atoms with Crippen molar-refractivity contribution in [1.82, 2.24) is 15.5 Å². The molecule has 1 aromatic carbocycles. The van der Waals surface area contributed by atoms with Gasteiger partial charge in [-0.1, -0.05) is 49.6 Å². The fourth-order valence-electron chi connectivity index (χ4n) is 4.06. The molecule has 31 heavy (non-hydrogen) atoms. The van der Waals surface area contributed by atoms with Crippen molar-refractivity contribution in [2.24, 2.45) is 5.92 Å². The molecule has 0 spiro atoms. The summed E-state index contributed by atoms with van der Waals surface area (Å²) in [4.78, 5) is 50.6. The molecule has 2 aliphatic rings. The molecular formula is C23H31N3O5. The minimum atomic E-state index is -1.11. The van der Waals surface area contributed by atoms with Gasteiger partial charge in [0.25, 0.3) is 5.91 Å². The Morgan fingerprint density at radius 3 is 2.55 bits per heavy atom. The Morgan fingerprint density at radius 1 is 1.13 bits per heavy atom. The Labute approximate surface area is 182 Å². The summed E-state index contributed by atoms with van der Waals surface area (Å²) in [7, 11) is 0. The van der Waals surface area contributed by atoms with Crippen LogP contribution in [0.2, 0.25) is 0 Å². The average molecular weight is 430 g/mol. The zero-order valence-corrected chi connectivity index (χ0v) is 18.0. The van der Waals surface area contributed by atoms with Gasteiger partial charge in [-0.05, 0) is 31.7 Å². The molecule has 1 aliphatic carbocycles. The zero-order valence-electron chi connectivity index (χ0n) is 18.0. The SMILES string of the molecule is C[C@H](OC(=O)[C@H]1CC(=O)N(CCc2ccccc2)C1)C(=O)NC(=O)NC1CCCCC1. The first kappa shape index (κ1) is 22.8. The van der Waals surface area contributed by atoms with E-state index in [1.54, 1.807) is 4.90 Å². The molecule has 8 nitrogen and oxygen atoms in total. The number of ether oxygens (including phenoxy) is 1. The smallest absolute Gasteiger partial charge is 0.321 e. The van der Waals surface area contributed by atoms with Gasteiger partial charge in [-0.3, -0.25) is 19.7 Å². The van der Waals surface area contributed by atoms with Gasteiger partial charge in [-0.2, -0.15) is 0 Å². The summed E-state index contributed by atoms with van der Waals surface area (Å²) >= 11 is 0. The number of imide groups is 1. The Hall–Kier alpha value is -2.90. The van der Waals surface area contributed by atoms with Gasteiger partial charge in [-0.15, -0.1) is 0 Å². The molecule has 1 saturated carbocycles. The van der Waals surface area contributed by atoms with Crippen LogP contribution in [0.5, 0.6) is 0 Å². The van der Waals surface area contributed by atoms with Crippen LogP contribution in [0.15, 0.2) is 30.3 Å². The summed E-state index contributed by atoms with van der Waals surface area (Å²) in [6, 6.07) is 9.34. The number of urea groups is 1. The van der Waals surface area contributed by atoms with Crippen LogP contribution >= 0.6 is 0 Å². The summed E-state index contributed by atoms with van der Waals surface area (Å²) in [5, 5.41) is 5.02. The van der Waals surface area contributed by atoms with E-state index in [0.29, 0.717) is 13.0 Å². The van der Waals surface area contributed by atoms with Gasteiger partial charge >= 0.3 is 12.0 Å². The van der Waals surface area contributed by atoms with Crippen LogP contribution in [0.25, 0.3) is 0 Å². The second kappa shape index (κ2) is 10.9. The highest BCUT2D eigenvalue weighted by Crippen LogP contribution is 2.20. The first-order chi connectivity index (χ1) is 14.9. The summed E-state index contributed by atoms with van der Waals surface area (Å²) in [5.74, 6) is -1.96. The number of nitrogens with zero attached hydrogens (tertiary/aromatic N) is 1. The number of amides is 4. The van der Waals surface area contributed by atoms with E-state index in [4.69, 9.17) is 4.74 Å². The third kappa shape index (κ3) is 6.80. The third-order valence-corrected chi connectivity index (χ3v) is 5.90. The van der Waals surface area contributed by atoms with Gasteiger partial charge in [0.2, 0.25) is 5.91 Å². The number of likely N-dealkylation sites (tertiary alicyclic amines) is 1. The lowest BCUT2D eigenvalue weighted by atomic mass is 9.96. The van der Waals surface area contributed by atoms with E-state index >= 15 is 0 Å². The van der Waals surface area contributed by atoms with Crippen LogP contribution < -0.4 is 10.6 Å². The van der Waals surface area contributed by atoms with E-state index in [-0.39, 0.29) is 24.9 Å². The molecule has 2 atom stereocenters. The Bertz CT molecular complexity index is 792. The lowest BCUT2D eigenvalue weighted by molar-refractivity contribution is -0.158. The van der Waals surface area contributed by atoms with Crippen molar-refractivity contribution in [3.8, 4) is 0 Å². The Morgan fingerprint density at radius 2 is 1.84 bits per heavy atom. The highest BCUT2D eigenvalue weighted by atomic mass is 16.5. The maximum absolute atomic E-state index is 12.4. The number of carbonyl (C=O) groups is 4. The summed E-state index contributed by atoms with van der Waals surface area (Å²) in [6.45, 7) is 2.23. The highest BCUT2D eigenvalue weighted by molar-refractivity contribution is 5.97. The number of hydrogen-bond donors (Lipinski definition) is 2. The predicted molar refractivity (Wildman–Crippen MR) is 114 cm³/mol. The molecule has 1 saturated heterocycles. The maximum Gasteiger partial charge on any atom is 0.321 e. The Balaban J connectivity index is 1.40. The quantitative estimate of drug-likeness (QED) is 0.647. The average Bonchev–Trinajstić information content (AvgIpc) is 3.14. The summed E-state index contributed by atoms with van der Waals surface area (Å²) < 4.78 is 5.24. The Kier molecular flexibility index (Phi) is 8.03. The molecule has 1 heterocycles. The number of esters is 1. The van der Waals surface area contributed by atoms with Crippen LogP contribution in [0.3, 0.4) is 0 Å². The standard InChI is InChI=1S/C23H31N3O5/c1-16(21(28)25-23(30)24-19-10-6-3-7-11-19)31-22(29)18-14-20(27)26(15-18)13-12-17-8-4-2-5-9-17/h2,4-5,8-9,16,18-19H,3,6-7,10-15H2,1H3,(H2,24,25,28,30)/t16-,18-/m0/s1. The molecule has 168 valence electrons. The van der Waals surface area contributed by atoms with Crippen LogP contribution in [0.1, 0.15) is 51.0 Å². The van der Waals surface area contributed by atoms with Crippen molar-refractivity contribution in [3.63, 3.8) is 0 Å². The van der Waals surface area contributed by atoms with Gasteiger partial charge in [0.05, 0.1) is 5.92 Å². The molecule has 0 radical (unpaired) electrons. The lowest BCUT2D eigenvalue weighted by Gasteiger charge is -2.23. The van der Waals surface area contributed by atoms with Crippen molar-refractivity contribution in [2.75, 3.05) is 13.1 Å². The molecule has 0 bridgehead atoms. The van der Waals surface area contributed by atoms with Crippen molar-refractivity contribution >= 4 is 23.8 Å². The maximum atomic E-state index is 12.4. The van der Waals surface area contributed by atoms with Crippen LogP contribution in [0.4, 0.5) is 4.79 Å². The molecule has 3 rings (SSSR count). The van der Waals surface area contributed by atoms with Crippen LogP contribution in [-0.4, -0.2) is 54.0 Å². The largest absolute Gasteiger partial charge is 0.452 e. The van der Waals surface area contributed by atoms with Gasteiger partial charge in [0, 0.05) is 25.6 Å². The van der Waals surface area contributed by atoms with E-state index in [1.807, 2.05) is 30.3 Å². The van der Waals surface area contributed by atoms with Gasteiger partial charge in [0.15, 0.2) is 6.10 Å². The number of carbonyl (C=O) groups excluding carboxylic acids is 4. The monoisotopic (exact) mass is 429 g/mol. The molecule has 1 aliphatic heterocycles. The predicted octanol–water partition coefficient (Wildman–Crippen LogP) is 2.17. The fraction of sp³-hybridized carbons (Fsp3) is 0.565. The van der Waals surface area contributed by atoms with Crippen molar-refractivity contribution < 1.29 is 23.9 Å². The first-order valence-electron chi connectivity index (χ1n) is 11.1. The molecule has 8 heteroatoms. The fourth-order valence-corrected chi connectivity index (χ4v) is 4.06. The molecule has 0 unspecified atom stereocenters. The van der Waals surface area contributed by atoms with Gasteiger partial charge in [0.1, 0.15) is 0 Å². The zero-order chi connectivity index (χ0) is 22.2. The molecule has 1 aromatic rings. The van der Waals surface area contributed by atoms with Crippen LogP contribution in [0, 0.1) is 5.92 Å². The lowest BCUT2D eigenvalue weighted by Crippen LogP contribution is -2.48. The summed E-state index contributed by atoms with van der Waals surface area (Å²) in [6.07, 6.45) is 4.78. The second-order valence-electron chi connectivity index (χ2n) is 8.35. The van der Waals surface area contributed by atoms with E-state index < -0.39 is 29.9 Å². The third-order valence-electron chi connectivity index (χ3n) is 5.90. The van der Waals surface area contributed by atoms with Crippen molar-refractivity contribution in [3.05, 3.63) is 35.9 Å². The normalized spacial score (nSPS) is 20.2. The first-order valence-corrected chi connectivity index (χ1v) is 11.1. The minimum absolute atomic E-state index is 0.0735. The van der Waals surface area contributed by atoms with E-state index in [9.17, 15) is 19.2 Å². The van der Waals surface area contributed by atoms with Crippen LogP contribution in [-0.2, 0) is 25.5 Å². The molecule has 0 aromatic heterocycles. The topological polar surface area (TPSA) is 105 Å². The van der Waals surface area contributed by atoms with Gasteiger partial charge in [-0.25, -0.2) is 4.79 Å². The second-order valence-corrected chi connectivity index (χ2v) is 8.35. The molecule has 2 N–H and O–H groups in total. The number of benzene rings is 1. The summed E-state index contributed by atoms with van der Waals surface area (Å²) in [5.41, 5.74) is 1.12. The van der Waals surface area contributed by atoms with Crippen molar-refractivity contribution in [1.29, 1.82) is 0 Å². The van der Waals surface area contributed by atoms with E-state index in [1.165, 1.54) is 13.3 Å². The van der Waals surface area contributed by atoms with E-state index in [2.05, 4.69) is 10.6 Å². The molecular weight excluding hydrogens is 398 g/mol. The number of rotatable bonds is 7. The number of nitrogens with one attached hydrogen (secondary N) is 2. The highest BCUT2D eigenvalue weighted by Gasteiger charge is 2.36.